The highest BCUT2D eigenvalue weighted by Gasteiger charge is 2.06. The van der Waals surface area contributed by atoms with Crippen molar-refractivity contribution in [2.45, 2.75) is 39.5 Å². The van der Waals surface area contributed by atoms with Crippen LogP contribution in [-0.4, -0.2) is 19.0 Å². The fraction of sp³-hybridized carbons (Fsp3) is 0.900. The summed E-state index contributed by atoms with van der Waals surface area (Å²) >= 11 is 0. The largest absolute Gasteiger partial charge is 0.356 e. The second-order valence-electron chi connectivity index (χ2n) is 3.41. The summed E-state index contributed by atoms with van der Waals surface area (Å²) in [5.74, 6) is 0.712. The van der Waals surface area contributed by atoms with Crippen LogP contribution < -0.4 is 11.1 Å². The Hall–Kier alpha value is -0.570. The van der Waals surface area contributed by atoms with Crippen molar-refractivity contribution in [3.8, 4) is 0 Å². The normalized spacial score (nSPS) is 12.5. The lowest BCUT2D eigenvalue weighted by Crippen LogP contribution is -2.29. The van der Waals surface area contributed by atoms with Crippen molar-refractivity contribution in [1.29, 1.82) is 0 Å². The number of nitrogens with two attached hydrogens (primary N) is 1. The van der Waals surface area contributed by atoms with E-state index in [4.69, 9.17) is 5.73 Å². The molecule has 3 nitrogen and oxygen atoms in total. The smallest absolute Gasteiger partial charge is 0.219 e. The number of amides is 1. The Morgan fingerprint density at radius 2 is 2.15 bits per heavy atom. The summed E-state index contributed by atoms with van der Waals surface area (Å²) in [6.07, 6.45) is 3.64. The molecule has 0 rings (SSSR count). The minimum Gasteiger partial charge on any atom is -0.356 e. The highest BCUT2D eigenvalue weighted by Crippen LogP contribution is 2.04. The van der Waals surface area contributed by atoms with Gasteiger partial charge in [0.2, 0.25) is 5.91 Å². The first-order valence-electron chi connectivity index (χ1n) is 5.21. The molecule has 1 amide bonds. The molecule has 13 heavy (non-hydrogen) atoms. The zero-order chi connectivity index (χ0) is 10.1. The van der Waals surface area contributed by atoms with Gasteiger partial charge < -0.3 is 11.1 Å². The molecule has 0 aliphatic rings. The first-order valence-corrected chi connectivity index (χ1v) is 5.21. The van der Waals surface area contributed by atoms with Crippen LogP contribution in [0.2, 0.25) is 0 Å². The lowest BCUT2D eigenvalue weighted by molar-refractivity contribution is -0.121. The van der Waals surface area contributed by atoms with Crippen LogP contribution in [-0.2, 0) is 4.79 Å². The Morgan fingerprint density at radius 3 is 2.62 bits per heavy atom. The third-order valence-electron chi connectivity index (χ3n) is 2.22. The van der Waals surface area contributed by atoms with Gasteiger partial charge in [0.15, 0.2) is 0 Å². The number of hydrogen-bond acceptors (Lipinski definition) is 2. The molecule has 3 N–H and O–H groups in total. The maximum Gasteiger partial charge on any atom is 0.219 e. The topological polar surface area (TPSA) is 55.1 Å². The van der Waals surface area contributed by atoms with Crippen molar-refractivity contribution in [2.75, 3.05) is 13.1 Å². The van der Waals surface area contributed by atoms with E-state index >= 15 is 0 Å². The minimum absolute atomic E-state index is 0.165. The van der Waals surface area contributed by atoms with Gasteiger partial charge in [0.1, 0.15) is 0 Å². The molecule has 0 heterocycles. The average molecular weight is 186 g/mol. The van der Waals surface area contributed by atoms with Crippen molar-refractivity contribution in [1.82, 2.24) is 5.32 Å². The lowest BCUT2D eigenvalue weighted by Gasteiger charge is -2.14. The third-order valence-corrected chi connectivity index (χ3v) is 2.22. The van der Waals surface area contributed by atoms with E-state index in [-0.39, 0.29) is 5.91 Å². The van der Waals surface area contributed by atoms with Gasteiger partial charge in [-0.05, 0) is 25.3 Å². The second kappa shape index (κ2) is 8.05. The number of carbonyl (C=O) groups is 1. The van der Waals surface area contributed by atoms with Crippen molar-refractivity contribution in [2.24, 2.45) is 11.7 Å². The molecule has 78 valence electrons. The van der Waals surface area contributed by atoms with Gasteiger partial charge >= 0.3 is 0 Å². The highest BCUT2D eigenvalue weighted by atomic mass is 16.1. The van der Waals surface area contributed by atoms with Crippen LogP contribution in [0.4, 0.5) is 0 Å². The molecule has 0 spiro atoms. The van der Waals surface area contributed by atoms with Crippen molar-refractivity contribution >= 4 is 5.91 Å². The molecule has 0 fully saturated rings. The van der Waals surface area contributed by atoms with Crippen molar-refractivity contribution < 1.29 is 4.79 Å². The van der Waals surface area contributed by atoms with E-state index in [1.807, 2.05) is 6.92 Å². The molecule has 0 aromatic rings. The highest BCUT2D eigenvalue weighted by molar-refractivity contribution is 5.75. The number of rotatable bonds is 7. The fourth-order valence-corrected chi connectivity index (χ4v) is 1.26. The Kier molecular flexibility index (Phi) is 7.69. The number of hydrogen-bond donors (Lipinski definition) is 2. The number of carbonyl (C=O) groups excluding carboxylic acids is 1. The van der Waals surface area contributed by atoms with Gasteiger partial charge in [0.05, 0.1) is 0 Å². The molecule has 0 radical (unpaired) electrons. The van der Waals surface area contributed by atoms with Gasteiger partial charge in [-0.25, -0.2) is 0 Å². The monoisotopic (exact) mass is 186 g/mol. The molecule has 1 atom stereocenters. The van der Waals surface area contributed by atoms with Gasteiger partial charge in [0, 0.05) is 13.0 Å². The second-order valence-corrected chi connectivity index (χ2v) is 3.41. The molecular formula is C10H22N2O. The van der Waals surface area contributed by atoms with Crippen molar-refractivity contribution in [3.05, 3.63) is 0 Å². The lowest BCUT2D eigenvalue weighted by atomic mass is 10.0. The first kappa shape index (κ1) is 12.4. The quantitative estimate of drug-likeness (QED) is 0.629. The zero-order valence-electron chi connectivity index (χ0n) is 8.81. The Bertz CT molecular complexity index is 137. The van der Waals surface area contributed by atoms with E-state index in [1.165, 1.54) is 0 Å². The van der Waals surface area contributed by atoms with E-state index in [9.17, 15) is 4.79 Å². The summed E-state index contributed by atoms with van der Waals surface area (Å²) in [5.41, 5.74) is 5.46. The maximum absolute atomic E-state index is 11.1. The van der Waals surface area contributed by atoms with Crippen LogP contribution in [0.5, 0.6) is 0 Å². The predicted octanol–water partition coefficient (Wildman–Crippen LogP) is 1.28. The fourth-order valence-electron chi connectivity index (χ4n) is 1.26. The van der Waals surface area contributed by atoms with Crippen LogP contribution >= 0.6 is 0 Å². The molecule has 0 aliphatic carbocycles. The minimum atomic E-state index is 0.165. The molecule has 0 aromatic carbocycles. The Balaban J connectivity index is 3.52. The molecule has 3 heteroatoms. The van der Waals surface area contributed by atoms with E-state index < -0.39 is 0 Å². The molecule has 0 aliphatic heterocycles. The van der Waals surface area contributed by atoms with Crippen LogP contribution in [0.15, 0.2) is 0 Å². The molecule has 0 aromatic heterocycles. The SMILES string of the molecule is CCCC(=O)NCC(CC)CCN. The Labute approximate surface area is 81.1 Å². The maximum atomic E-state index is 11.1. The van der Waals surface area contributed by atoms with Crippen LogP contribution in [0, 0.1) is 5.92 Å². The molecule has 0 bridgehead atoms. The Morgan fingerprint density at radius 1 is 1.46 bits per heavy atom. The summed E-state index contributed by atoms with van der Waals surface area (Å²) in [6.45, 7) is 5.64. The van der Waals surface area contributed by atoms with Crippen LogP contribution in [0.25, 0.3) is 0 Å². The van der Waals surface area contributed by atoms with Crippen LogP contribution in [0.1, 0.15) is 39.5 Å². The van der Waals surface area contributed by atoms with Gasteiger partial charge in [-0.1, -0.05) is 20.3 Å². The molecule has 0 saturated heterocycles. The third kappa shape index (κ3) is 6.58. The zero-order valence-corrected chi connectivity index (χ0v) is 8.81. The van der Waals surface area contributed by atoms with Gasteiger partial charge in [-0.2, -0.15) is 0 Å². The average Bonchev–Trinajstić information content (AvgIpc) is 2.12. The summed E-state index contributed by atoms with van der Waals surface area (Å²) < 4.78 is 0. The van der Waals surface area contributed by atoms with Gasteiger partial charge in [-0.3, -0.25) is 4.79 Å². The van der Waals surface area contributed by atoms with E-state index in [0.717, 1.165) is 25.8 Å². The van der Waals surface area contributed by atoms with E-state index in [0.29, 0.717) is 18.9 Å². The van der Waals surface area contributed by atoms with Crippen LogP contribution in [0.3, 0.4) is 0 Å². The molecule has 0 saturated carbocycles. The number of nitrogens with one attached hydrogen (secondary N) is 1. The van der Waals surface area contributed by atoms with Crippen molar-refractivity contribution in [3.63, 3.8) is 0 Å². The summed E-state index contributed by atoms with van der Waals surface area (Å²) in [4.78, 5) is 11.1. The van der Waals surface area contributed by atoms with E-state index in [1.54, 1.807) is 0 Å². The van der Waals surface area contributed by atoms with Gasteiger partial charge in [0.25, 0.3) is 0 Å². The predicted molar refractivity (Wildman–Crippen MR) is 55.4 cm³/mol. The van der Waals surface area contributed by atoms with E-state index in [2.05, 4.69) is 12.2 Å². The summed E-state index contributed by atoms with van der Waals surface area (Å²) in [7, 11) is 0. The molecule has 1 unspecified atom stereocenters. The summed E-state index contributed by atoms with van der Waals surface area (Å²) in [5, 5.41) is 2.92. The first-order chi connectivity index (χ1) is 6.24. The van der Waals surface area contributed by atoms with Gasteiger partial charge in [-0.15, -0.1) is 0 Å². The standard InChI is InChI=1S/C10H22N2O/c1-3-5-10(13)12-8-9(4-2)6-7-11/h9H,3-8,11H2,1-2H3,(H,12,13). The molecular weight excluding hydrogens is 164 g/mol. The summed E-state index contributed by atoms with van der Waals surface area (Å²) in [6, 6.07) is 0.